The van der Waals surface area contributed by atoms with Crippen molar-refractivity contribution < 1.29 is 4.79 Å². The molecule has 3 rings (SSSR count). The molecule has 0 saturated carbocycles. The summed E-state index contributed by atoms with van der Waals surface area (Å²) in [6.45, 7) is 10.8. The van der Waals surface area contributed by atoms with Crippen molar-refractivity contribution in [2.24, 2.45) is 5.92 Å². The van der Waals surface area contributed by atoms with Gasteiger partial charge in [0.25, 0.3) is 0 Å². The summed E-state index contributed by atoms with van der Waals surface area (Å²) in [4.78, 5) is 15.2. The number of nitrogens with zero attached hydrogens (tertiary/aromatic N) is 1. The lowest BCUT2D eigenvalue weighted by Gasteiger charge is -2.52. The summed E-state index contributed by atoms with van der Waals surface area (Å²) in [6.07, 6.45) is 1.77. The maximum absolute atomic E-state index is 13.2. The Kier molecular flexibility index (Phi) is 4.49. The molecule has 25 heavy (non-hydrogen) atoms. The Morgan fingerprint density at radius 1 is 1.04 bits per heavy atom. The average Bonchev–Trinajstić information content (AvgIpc) is 2.61. The molecular formula is C23H29NO. The molecule has 2 nitrogen and oxygen atoms in total. The van der Waals surface area contributed by atoms with E-state index in [1.165, 1.54) is 11.1 Å². The van der Waals surface area contributed by atoms with Crippen LogP contribution < -0.4 is 4.90 Å². The first-order valence-corrected chi connectivity index (χ1v) is 9.30. The number of hydrogen-bond donors (Lipinski definition) is 0. The standard InChI is InChI=1S/C23H29NO/c1-6-17(2)21(25)24-20-15-11-10-14-19(20)23(5,16-22(24,3)4)18-12-8-7-9-13-18/h7-15,17H,6,16H2,1-5H3/t17-,23+/m1/s1. The van der Waals surface area contributed by atoms with Crippen molar-refractivity contribution in [3.63, 3.8) is 0 Å². The second-order valence-electron chi connectivity index (χ2n) is 8.19. The van der Waals surface area contributed by atoms with Crippen LogP contribution in [0, 0.1) is 5.92 Å². The third-order valence-electron chi connectivity index (χ3n) is 5.80. The Morgan fingerprint density at radius 2 is 1.64 bits per heavy atom. The summed E-state index contributed by atoms with van der Waals surface area (Å²) in [6, 6.07) is 19.1. The first-order chi connectivity index (χ1) is 11.8. The molecular weight excluding hydrogens is 306 g/mol. The van der Waals surface area contributed by atoms with E-state index in [4.69, 9.17) is 0 Å². The molecule has 0 spiro atoms. The van der Waals surface area contributed by atoms with Crippen LogP contribution in [0.1, 0.15) is 58.6 Å². The van der Waals surface area contributed by atoms with E-state index in [-0.39, 0.29) is 22.8 Å². The Hall–Kier alpha value is -2.09. The fourth-order valence-electron chi connectivity index (χ4n) is 4.38. The van der Waals surface area contributed by atoms with Crippen molar-refractivity contribution in [3.8, 4) is 0 Å². The number of hydrogen-bond acceptors (Lipinski definition) is 1. The molecule has 0 aliphatic carbocycles. The van der Waals surface area contributed by atoms with Crippen LogP contribution in [0.15, 0.2) is 54.6 Å². The topological polar surface area (TPSA) is 20.3 Å². The molecule has 1 aliphatic heterocycles. The molecule has 2 aromatic rings. The van der Waals surface area contributed by atoms with Gasteiger partial charge in [-0.05, 0) is 43.9 Å². The van der Waals surface area contributed by atoms with E-state index in [1.54, 1.807) is 0 Å². The van der Waals surface area contributed by atoms with Gasteiger partial charge < -0.3 is 4.90 Å². The van der Waals surface area contributed by atoms with E-state index in [9.17, 15) is 4.79 Å². The lowest BCUT2D eigenvalue weighted by atomic mass is 9.65. The van der Waals surface area contributed by atoms with Crippen molar-refractivity contribution in [1.29, 1.82) is 0 Å². The summed E-state index contributed by atoms with van der Waals surface area (Å²) in [5.41, 5.74) is 3.28. The van der Waals surface area contributed by atoms with Gasteiger partial charge in [0.2, 0.25) is 5.91 Å². The maximum Gasteiger partial charge on any atom is 0.230 e. The second-order valence-corrected chi connectivity index (χ2v) is 8.19. The zero-order chi connectivity index (χ0) is 18.2. The van der Waals surface area contributed by atoms with Crippen LogP contribution in [-0.2, 0) is 10.2 Å². The Morgan fingerprint density at radius 3 is 2.28 bits per heavy atom. The molecule has 1 amide bonds. The maximum atomic E-state index is 13.2. The molecule has 0 saturated heterocycles. The number of para-hydroxylation sites is 1. The minimum Gasteiger partial charge on any atom is -0.306 e. The second kappa shape index (κ2) is 6.33. The zero-order valence-electron chi connectivity index (χ0n) is 16.0. The lowest BCUT2D eigenvalue weighted by Crippen LogP contribution is -2.57. The van der Waals surface area contributed by atoms with Crippen molar-refractivity contribution in [1.82, 2.24) is 0 Å². The highest BCUT2D eigenvalue weighted by molar-refractivity contribution is 5.98. The van der Waals surface area contributed by atoms with E-state index in [0.29, 0.717) is 0 Å². The Bertz CT molecular complexity index is 765. The molecule has 2 aromatic carbocycles. The molecule has 0 bridgehead atoms. The fourth-order valence-corrected chi connectivity index (χ4v) is 4.38. The Balaban J connectivity index is 2.20. The van der Waals surface area contributed by atoms with Gasteiger partial charge in [-0.1, -0.05) is 69.3 Å². The molecule has 2 heteroatoms. The highest BCUT2D eigenvalue weighted by Crippen LogP contribution is 2.50. The highest BCUT2D eigenvalue weighted by atomic mass is 16.2. The van der Waals surface area contributed by atoms with Crippen LogP contribution in [0.25, 0.3) is 0 Å². The van der Waals surface area contributed by atoms with Gasteiger partial charge in [-0.2, -0.15) is 0 Å². The number of rotatable bonds is 3. The summed E-state index contributed by atoms with van der Waals surface area (Å²) in [7, 11) is 0. The van der Waals surface area contributed by atoms with Gasteiger partial charge in [-0.15, -0.1) is 0 Å². The monoisotopic (exact) mass is 335 g/mol. The minimum atomic E-state index is -0.237. The normalized spacial score (nSPS) is 23.0. The molecule has 1 heterocycles. The van der Waals surface area contributed by atoms with Gasteiger partial charge in [-0.3, -0.25) is 4.79 Å². The predicted octanol–water partition coefficient (Wildman–Crippen LogP) is 5.55. The smallest absolute Gasteiger partial charge is 0.230 e. The van der Waals surface area contributed by atoms with Crippen molar-refractivity contribution in [2.75, 3.05) is 4.90 Å². The first-order valence-electron chi connectivity index (χ1n) is 9.30. The number of amides is 1. The molecule has 0 aromatic heterocycles. The molecule has 132 valence electrons. The number of carbonyl (C=O) groups excluding carboxylic acids is 1. The van der Waals surface area contributed by atoms with Crippen LogP contribution in [0.5, 0.6) is 0 Å². The number of anilines is 1. The van der Waals surface area contributed by atoms with Gasteiger partial charge in [0.1, 0.15) is 0 Å². The zero-order valence-corrected chi connectivity index (χ0v) is 16.0. The van der Waals surface area contributed by atoms with Gasteiger partial charge in [-0.25, -0.2) is 0 Å². The van der Waals surface area contributed by atoms with Gasteiger partial charge >= 0.3 is 0 Å². The van der Waals surface area contributed by atoms with Crippen LogP contribution >= 0.6 is 0 Å². The largest absolute Gasteiger partial charge is 0.306 e. The first kappa shape index (κ1) is 17.7. The summed E-state index contributed by atoms with van der Waals surface area (Å²) < 4.78 is 0. The molecule has 0 fully saturated rings. The molecule has 0 unspecified atom stereocenters. The number of benzene rings is 2. The minimum absolute atomic E-state index is 0.0356. The van der Waals surface area contributed by atoms with Gasteiger partial charge in [0.15, 0.2) is 0 Å². The van der Waals surface area contributed by atoms with Crippen LogP contribution in [-0.4, -0.2) is 11.4 Å². The molecule has 0 N–H and O–H groups in total. The predicted molar refractivity (Wildman–Crippen MR) is 105 cm³/mol. The third kappa shape index (κ3) is 2.88. The lowest BCUT2D eigenvalue weighted by molar-refractivity contribution is -0.123. The van der Waals surface area contributed by atoms with E-state index in [1.807, 2.05) is 13.0 Å². The van der Waals surface area contributed by atoms with Crippen molar-refractivity contribution in [2.45, 2.75) is 58.4 Å². The molecule has 1 aliphatic rings. The van der Waals surface area contributed by atoms with Crippen LogP contribution in [0.2, 0.25) is 0 Å². The number of carbonyl (C=O) groups is 1. The average molecular weight is 335 g/mol. The summed E-state index contributed by atoms with van der Waals surface area (Å²) >= 11 is 0. The van der Waals surface area contributed by atoms with E-state index in [2.05, 4.69) is 81.1 Å². The highest BCUT2D eigenvalue weighted by Gasteiger charge is 2.47. The van der Waals surface area contributed by atoms with E-state index in [0.717, 1.165) is 18.5 Å². The molecule has 0 radical (unpaired) electrons. The van der Waals surface area contributed by atoms with Gasteiger partial charge in [0.05, 0.1) is 0 Å². The molecule has 2 atom stereocenters. The Labute approximate surface area is 151 Å². The number of fused-ring (bicyclic) bond motifs is 1. The van der Waals surface area contributed by atoms with Crippen LogP contribution in [0.3, 0.4) is 0 Å². The van der Waals surface area contributed by atoms with Crippen LogP contribution in [0.4, 0.5) is 5.69 Å². The fraction of sp³-hybridized carbons (Fsp3) is 0.435. The van der Waals surface area contributed by atoms with Crippen molar-refractivity contribution >= 4 is 11.6 Å². The quantitative estimate of drug-likeness (QED) is 0.719. The third-order valence-corrected chi connectivity index (χ3v) is 5.80. The van der Waals surface area contributed by atoms with Gasteiger partial charge in [0, 0.05) is 22.6 Å². The SMILES string of the molecule is CC[C@@H](C)C(=O)N1c2ccccc2[C@](C)(c2ccccc2)CC1(C)C. The van der Waals surface area contributed by atoms with Crippen molar-refractivity contribution in [3.05, 3.63) is 65.7 Å². The summed E-state index contributed by atoms with van der Waals surface area (Å²) in [5.74, 6) is 0.267. The van der Waals surface area contributed by atoms with E-state index < -0.39 is 0 Å². The van der Waals surface area contributed by atoms with E-state index >= 15 is 0 Å². The summed E-state index contributed by atoms with van der Waals surface area (Å²) in [5, 5.41) is 0.